The fourth-order valence-corrected chi connectivity index (χ4v) is 4.30. The van der Waals surface area contributed by atoms with Gasteiger partial charge >= 0.3 is 0 Å². The molecule has 0 atom stereocenters. The number of rotatable bonds is 6. The Morgan fingerprint density at radius 2 is 1.82 bits per heavy atom. The molecule has 0 aromatic carbocycles. The van der Waals surface area contributed by atoms with Gasteiger partial charge in [-0.1, -0.05) is 33.1 Å². The van der Waals surface area contributed by atoms with Crippen molar-refractivity contribution in [3.8, 4) is 0 Å². The first-order chi connectivity index (χ1) is 7.89. The lowest BCUT2D eigenvalue weighted by Crippen LogP contribution is -2.41. The maximum absolute atomic E-state index is 11.8. The van der Waals surface area contributed by atoms with Gasteiger partial charge in [-0.3, -0.25) is 0 Å². The van der Waals surface area contributed by atoms with Crippen LogP contribution in [0.3, 0.4) is 0 Å². The van der Waals surface area contributed by atoms with Crippen molar-refractivity contribution < 1.29 is 8.42 Å². The molecule has 102 valence electrons. The summed E-state index contributed by atoms with van der Waals surface area (Å²) >= 11 is 6.04. The van der Waals surface area contributed by atoms with Crippen molar-refractivity contribution >= 4 is 21.6 Å². The second-order valence-electron chi connectivity index (χ2n) is 5.69. The van der Waals surface area contributed by atoms with E-state index in [2.05, 4.69) is 4.72 Å². The molecule has 0 bridgehead atoms. The molecule has 0 aromatic rings. The van der Waals surface area contributed by atoms with Gasteiger partial charge in [0.1, 0.15) is 0 Å². The van der Waals surface area contributed by atoms with Crippen LogP contribution in [-0.2, 0) is 10.0 Å². The molecule has 17 heavy (non-hydrogen) atoms. The molecule has 1 rings (SSSR count). The van der Waals surface area contributed by atoms with Crippen molar-refractivity contribution in [3.05, 3.63) is 0 Å². The van der Waals surface area contributed by atoms with Gasteiger partial charge in [0.05, 0.1) is 5.75 Å². The Labute approximate surface area is 110 Å². The Hall–Kier alpha value is 0.200. The van der Waals surface area contributed by atoms with Gasteiger partial charge in [-0.05, 0) is 24.2 Å². The maximum Gasteiger partial charge on any atom is 0.211 e. The topological polar surface area (TPSA) is 46.2 Å². The first-order valence-corrected chi connectivity index (χ1v) is 8.61. The minimum absolute atomic E-state index is 0.0101. The lowest BCUT2D eigenvalue weighted by molar-refractivity contribution is 0.223. The van der Waals surface area contributed by atoms with E-state index in [0.29, 0.717) is 12.4 Å². The minimum Gasteiger partial charge on any atom is -0.215 e. The number of hydrogen-bond donors (Lipinski definition) is 1. The third-order valence-electron chi connectivity index (χ3n) is 3.42. The zero-order valence-electron chi connectivity index (χ0n) is 10.8. The Kier molecular flexibility index (Phi) is 5.74. The van der Waals surface area contributed by atoms with Gasteiger partial charge < -0.3 is 0 Å². The number of hydrogen-bond acceptors (Lipinski definition) is 2. The largest absolute Gasteiger partial charge is 0.215 e. The molecule has 1 saturated carbocycles. The summed E-state index contributed by atoms with van der Waals surface area (Å²) in [6, 6.07) is 0. The van der Waals surface area contributed by atoms with Crippen LogP contribution < -0.4 is 4.72 Å². The van der Waals surface area contributed by atoms with E-state index in [-0.39, 0.29) is 17.1 Å². The van der Waals surface area contributed by atoms with Crippen LogP contribution in [0, 0.1) is 11.3 Å². The number of halogens is 1. The first-order valence-electron chi connectivity index (χ1n) is 6.42. The second kappa shape index (κ2) is 6.39. The highest BCUT2D eigenvalue weighted by Gasteiger charge is 2.32. The molecule has 0 aromatic heterocycles. The van der Waals surface area contributed by atoms with Crippen LogP contribution in [0.5, 0.6) is 0 Å². The van der Waals surface area contributed by atoms with E-state index in [9.17, 15) is 8.42 Å². The Morgan fingerprint density at radius 1 is 1.24 bits per heavy atom. The Balaban J connectivity index is 2.52. The van der Waals surface area contributed by atoms with Gasteiger partial charge in [0.25, 0.3) is 0 Å². The van der Waals surface area contributed by atoms with Crippen molar-refractivity contribution in [2.75, 3.05) is 18.2 Å². The monoisotopic (exact) mass is 281 g/mol. The third kappa shape index (κ3) is 5.14. The van der Waals surface area contributed by atoms with Crippen molar-refractivity contribution in [2.45, 2.75) is 46.0 Å². The van der Waals surface area contributed by atoms with Gasteiger partial charge in [0.2, 0.25) is 10.0 Å². The van der Waals surface area contributed by atoms with Crippen molar-refractivity contribution in [2.24, 2.45) is 11.3 Å². The normalized spacial score (nSPS) is 20.7. The van der Waals surface area contributed by atoms with E-state index in [0.717, 1.165) is 12.8 Å². The molecule has 0 heterocycles. The van der Waals surface area contributed by atoms with E-state index in [1.54, 1.807) is 0 Å². The molecular weight excluding hydrogens is 258 g/mol. The molecule has 0 saturated heterocycles. The molecule has 1 aliphatic carbocycles. The van der Waals surface area contributed by atoms with E-state index in [4.69, 9.17) is 11.6 Å². The van der Waals surface area contributed by atoms with Gasteiger partial charge in [-0.15, -0.1) is 11.6 Å². The van der Waals surface area contributed by atoms with Crippen molar-refractivity contribution in [1.29, 1.82) is 0 Å². The first kappa shape index (κ1) is 15.3. The lowest BCUT2D eigenvalue weighted by Gasteiger charge is -2.35. The molecule has 0 unspecified atom stereocenters. The van der Waals surface area contributed by atoms with Crippen molar-refractivity contribution in [3.63, 3.8) is 0 Å². The summed E-state index contributed by atoms with van der Waals surface area (Å²) in [5.41, 5.74) is -0.0101. The van der Waals surface area contributed by atoms with Gasteiger partial charge in [-0.25, -0.2) is 13.1 Å². The van der Waals surface area contributed by atoms with Crippen LogP contribution in [0.15, 0.2) is 0 Å². The van der Waals surface area contributed by atoms with Crippen LogP contribution in [-0.4, -0.2) is 26.6 Å². The molecule has 1 N–H and O–H groups in total. The van der Waals surface area contributed by atoms with Crippen LogP contribution in [0.1, 0.15) is 46.0 Å². The molecule has 0 aliphatic heterocycles. The Morgan fingerprint density at radius 3 is 2.29 bits per heavy atom. The third-order valence-corrected chi connectivity index (χ3v) is 5.67. The van der Waals surface area contributed by atoms with Crippen LogP contribution in [0.4, 0.5) is 0 Å². The highest BCUT2D eigenvalue weighted by Crippen LogP contribution is 2.36. The smallest absolute Gasteiger partial charge is 0.211 e. The summed E-state index contributed by atoms with van der Waals surface area (Å²) in [6.45, 7) is 4.33. The van der Waals surface area contributed by atoms with Crippen molar-refractivity contribution in [1.82, 2.24) is 4.72 Å². The van der Waals surface area contributed by atoms with Gasteiger partial charge in [0, 0.05) is 12.4 Å². The molecular formula is C12H24ClNO2S. The number of sulfonamides is 1. The summed E-state index contributed by atoms with van der Waals surface area (Å²) in [5.74, 6) is 0.911. The Bertz CT molecular complexity index is 321. The van der Waals surface area contributed by atoms with Crippen LogP contribution in [0.25, 0.3) is 0 Å². The highest BCUT2D eigenvalue weighted by atomic mass is 35.5. The van der Waals surface area contributed by atoms with Crippen LogP contribution >= 0.6 is 11.6 Å². The van der Waals surface area contributed by atoms with E-state index < -0.39 is 10.0 Å². The highest BCUT2D eigenvalue weighted by molar-refractivity contribution is 7.89. The molecule has 0 amide bonds. The lowest BCUT2D eigenvalue weighted by atomic mass is 9.76. The second-order valence-corrected chi connectivity index (χ2v) is 7.81. The average Bonchev–Trinajstić information content (AvgIpc) is 2.26. The average molecular weight is 282 g/mol. The molecule has 0 radical (unpaired) electrons. The zero-order valence-corrected chi connectivity index (χ0v) is 12.4. The number of alkyl halides is 1. The van der Waals surface area contributed by atoms with E-state index in [1.165, 1.54) is 19.3 Å². The number of nitrogens with one attached hydrogen (secondary N) is 1. The fraction of sp³-hybridized carbons (Fsp3) is 1.00. The summed E-state index contributed by atoms with van der Waals surface area (Å²) < 4.78 is 26.3. The van der Waals surface area contributed by atoms with Gasteiger partial charge in [-0.2, -0.15) is 0 Å². The minimum atomic E-state index is -3.14. The predicted molar refractivity (Wildman–Crippen MR) is 72.9 cm³/mol. The molecule has 5 heteroatoms. The zero-order chi connectivity index (χ0) is 12.9. The van der Waals surface area contributed by atoms with E-state index >= 15 is 0 Å². The molecule has 1 fully saturated rings. The van der Waals surface area contributed by atoms with Crippen LogP contribution in [0.2, 0.25) is 0 Å². The quantitative estimate of drug-likeness (QED) is 0.761. The predicted octanol–water partition coefficient (Wildman–Crippen LogP) is 2.75. The SMILES string of the molecule is CC(C)CS(=O)(=O)NCC1(CCl)CCCCC1. The molecule has 0 spiro atoms. The van der Waals surface area contributed by atoms with E-state index in [1.807, 2.05) is 13.8 Å². The van der Waals surface area contributed by atoms with Gasteiger partial charge in [0.15, 0.2) is 0 Å². The maximum atomic E-state index is 11.8. The molecule has 1 aliphatic rings. The summed E-state index contributed by atoms with van der Waals surface area (Å²) in [7, 11) is -3.14. The summed E-state index contributed by atoms with van der Waals surface area (Å²) in [5, 5.41) is 0. The molecule has 3 nitrogen and oxygen atoms in total. The standard InChI is InChI=1S/C12H24ClNO2S/c1-11(2)8-17(15,16)14-10-12(9-13)6-4-3-5-7-12/h11,14H,3-10H2,1-2H3. The summed E-state index contributed by atoms with van der Waals surface area (Å²) in [4.78, 5) is 0. The fourth-order valence-electron chi connectivity index (χ4n) is 2.42. The summed E-state index contributed by atoms with van der Waals surface area (Å²) in [6.07, 6.45) is 5.66.